The third-order valence-corrected chi connectivity index (χ3v) is 3.82. The lowest BCUT2D eigenvalue weighted by Crippen LogP contribution is -2.27. The number of rotatable bonds is 8. The van der Waals surface area contributed by atoms with Crippen LogP contribution in [0.2, 0.25) is 0 Å². The van der Waals surface area contributed by atoms with Crippen molar-refractivity contribution in [1.29, 1.82) is 0 Å². The van der Waals surface area contributed by atoms with Crippen LogP contribution in [0.1, 0.15) is 43.7 Å². The molecular weight excluding hydrogens is 286 g/mol. The second-order valence-electron chi connectivity index (χ2n) is 5.52. The summed E-state index contributed by atoms with van der Waals surface area (Å²) in [6.07, 6.45) is 2.78. The number of hydrogen-bond acceptors (Lipinski definition) is 5. The summed E-state index contributed by atoms with van der Waals surface area (Å²) in [5.41, 5.74) is 0.525. The zero-order valence-electron chi connectivity index (χ0n) is 12.6. The number of nitrogens with zero attached hydrogens (tertiary/aromatic N) is 1. The van der Waals surface area contributed by atoms with Crippen molar-refractivity contribution in [2.24, 2.45) is 0 Å². The first-order valence-electron chi connectivity index (χ1n) is 7.78. The molecule has 1 aliphatic heterocycles. The summed E-state index contributed by atoms with van der Waals surface area (Å²) >= 11 is 0. The summed E-state index contributed by atoms with van der Waals surface area (Å²) in [5, 5.41) is 21.4. The maximum atomic E-state index is 11.2. The van der Waals surface area contributed by atoms with Crippen LogP contribution in [0.4, 0.5) is 0 Å². The van der Waals surface area contributed by atoms with Gasteiger partial charge >= 0.3 is 0 Å². The van der Waals surface area contributed by atoms with Gasteiger partial charge in [0.15, 0.2) is 6.29 Å². The van der Waals surface area contributed by atoms with E-state index in [1.807, 2.05) is 0 Å². The van der Waals surface area contributed by atoms with Crippen LogP contribution in [-0.4, -0.2) is 35.6 Å². The van der Waals surface area contributed by atoms with Crippen LogP contribution >= 0.6 is 0 Å². The third kappa shape index (κ3) is 5.05. The van der Waals surface area contributed by atoms with E-state index in [-0.39, 0.29) is 6.29 Å². The van der Waals surface area contributed by atoms with Crippen LogP contribution < -0.4 is 0 Å². The lowest BCUT2D eigenvalue weighted by molar-refractivity contribution is -0.541. The van der Waals surface area contributed by atoms with E-state index in [9.17, 15) is 15.2 Å². The number of aliphatic hydroxyl groups excluding tert-OH is 1. The van der Waals surface area contributed by atoms with Crippen molar-refractivity contribution in [3.8, 4) is 0 Å². The Morgan fingerprint density at radius 2 is 2.14 bits per heavy atom. The van der Waals surface area contributed by atoms with Crippen molar-refractivity contribution in [1.82, 2.24) is 0 Å². The summed E-state index contributed by atoms with van der Waals surface area (Å²) < 4.78 is 11.0. The Hall–Kier alpha value is -1.50. The van der Waals surface area contributed by atoms with Gasteiger partial charge < -0.3 is 14.6 Å². The molecule has 1 aromatic carbocycles. The highest BCUT2D eigenvalue weighted by atomic mass is 16.7. The van der Waals surface area contributed by atoms with Crippen molar-refractivity contribution in [2.45, 2.75) is 50.5 Å². The summed E-state index contributed by atoms with van der Waals surface area (Å²) in [7, 11) is 0. The van der Waals surface area contributed by atoms with Crippen molar-refractivity contribution in [3.05, 3.63) is 46.0 Å². The maximum absolute atomic E-state index is 11.2. The first-order chi connectivity index (χ1) is 10.7. The molecule has 0 saturated carbocycles. The molecule has 0 amide bonds. The van der Waals surface area contributed by atoms with Gasteiger partial charge in [0.2, 0.25) is 0 Å². The quantitative estimate of drug-likeness (QED) is 0.453. The molecule has 0 aromatic heterocycles. The van der Waals surface area contributed by atoms with Gasteiger partial charge in [0.25, 0.3) is 6.04 Å². The molecule has 0 bridgehead atoms. The Kier molecular flexibility index (Phi) is 6.76. The van der Waals surface area contributed by atoms with E-state index in [4.69, 9.17) is 9.47 Å². The Labute approximate surface area is 130 Å². The molecule has 0 radical (unpaired) electrons. The SMILES string of the molecule is O=[N+]([O-])C(c1ccccc1)C(O)CCCOC1CCCCO1. The van der Waals surface area contributed by atoms with Crippen molar-refractivity contribution in [3.63, 3.8) is 0 Å². The van der Waals surface area contributed by atoms with Crippen LogP contribution in [0.5, 0.6) is 0 Å². The number of nitro groups is 1. The van der Waals surface area contributed by atoms with Gasteiger partial charge in [-0.3, -0.25) is 10.1 Å². The normalized spacial score (nSPS) is 21.2. The van der Waals surface area contributed by atoms with Gasteiger partial charge in [-0.25, -0.2) is 0 Å². The predicted octanol–water partition coefficient (Wildman–Crippen LogP) is 2.69. The highest BCUT2D eigenvalue weighted by Crippen LogP contribution is 2.23. The monoisotopic (exact) mass is 309 g/mol. The van der Waals surface area contributed by atoms with Crippen molar-refractivity contribution < 1.29 is 19.5 Å². The minimum atomic E-state index is -1.09. The second kappa shape index (κ2) is 8.82. The van der Waals surface area contributed by atoms with E-state index in [2.05, 4.69) is 0 Å². The number of aliphatic hydroxyl groups is 1. The van der Waals surface area contributed by atoms with Crippen LogP contribution in [0.25, 0.3) is 0 Å². The molecule has 1 aromatic rings. The second-order valence-corrected chi connectivity index (χ2v) is 5.52. The first kappa shape index (κ1) is 16.9. The molecule has 0 aliphatic carbocycles. The highest BCUT2D eigenvalue weighted by Gasteiger charge is 2.31. The minimum absolute atomic E-state index is 0.161. The molecule has 1 heterocycles. The van der Waals surface area contributed by atoms with E-state index >= 15 is 0 Å². The van der Waals surface area contributed by atoms with Gasteiger partial charge in [0.05, 0.1) is 0 Å². The van der Waals surface area contributed by atoms with Gasteiger partial charge in [-0.2, -0.15) is 0 Å². The maximum Gasteiger partial charge on any atom is 0.263 e. The molecule has 1 saturated heterocycles. The first-order valence-corrected chi connectivity index (χ1v) is 7.78. The molecule has 0 spiro atoms. The summed E-state index contributed by atoms with van der Waals surface area (Å²) in [5.74, 6) is 0. The molecule has 22 heavy (non-hydrogen) atoms. The molecule has 1 fully saturated rings. The molecule has 6 nitrogen and oxygen atoms in total. The molecule has 3 unspecified atom stereocenters. The smallest absolute Gasteiger partial charge is 0.263 e. The fourth-order valence-corrected chi connectivity index (χ4v) is 2.64. The molecular formula is C16H23NO5. The van der Waals surface area contributed by atoms with Gasteiger partial charge in [-0.1, -0.05) is 30.3 Å². The van der Waals surface area contributed by atoms with Crippen molar-refractivity contribution >= 4 is 0 Å². The third-order valence-electron chi connectivity index (χ3n) is 3.82. The molecule has 6 heteroatoms. The molecule has 3 atom stereocenters. The van der Waals surface area contributed by atoms with Gasteiger partial charge in [0.1, 0.15) is 6.10 Å². The van der Waals surface area contributed by atoms with E-state index in [0.717, 1.165) is 25.9 Å². The number of hydrogen-bond donors (Lipinski definition) is 1. The van der Waals surface area contributed by atoms with E-state index in [1.165, 1.54) is 0 Å². The predicted molar refractivity (Wildman–Crippen MR) is 81.0 cm³/mol. The Morgan fingerprint density at radius 1 is 1.36 bits per heavy atom. The van der Waals surface area contributed by atoms with Crippen LogP contribution in [0.3, 0.4) is 0 Å². The fraction of sp³-hybridized carbons (Fsp3) is 0.625. The largest absolute Gasteiger partial charge is 0.386 e. The van der Waals surface area contributed by atoms with Gasteiger partial charge in [-0.05, 0) is 32.1 Å². The molecule has 2 rings (SSSR count). The van der Waals surface area contributed by atoms with Crippen molar-refractivity contribution in [2.75, 3.05) is 13.2 Å². The zero-order valence-corrected chi connectivity index (χ0v) is 12.6. The Bertz CT molecular complexity index is 447. The summed E-state index contributed by atoms with van der Waals surface area (Å²) in [4.78, 5) is 10.8. The van der Waals surface area contributed by atoms with Gasteiger partial charge in [-0.15, -0.1) is 0 Å². The molecule has 122 valence electrons. The number of benzene rings is 1. The Balaban J connectivity index is 1.76. The summed E-state index contributed by atoms with van der Waals surface area (Å²) in [6, 6.07) is 7.52. The fourth-order valence-electron chi connectivity index (χ4n) is 2.64. The van der Waals surface area contributed by atoms with Crippen LogP contribution in [-0.2, 0) is 9.47 Å². The van der Waals surface area contributed by atoms with E-state index in [1.54, 1.807) is 30.3 Å². The van der Waals surface area contributed by atoms with E-state index < -0.39 is 17.1 Å². The average Bonchev–Trinajstić information content (AvgIpc) is 2.53. The standard InChI is InChI=1S/C16H23NO5/c18-14(9-6-12-22-15-10-4-5-11-21-15)16(17(19)20)13-7-2-1-3-8-13/h1-3,7-8,14-16,18H,4-6,9-12H2. The minimum Gasteiger partial charge on any atom is -0.386 e. The Morgan fingerprint density at radius 3 is 2.77 bits per heavy atom. The van der Waals surface area contributed by atoms with Crippen LogP contribution in [0, 0.1) is 10.1 Å². The van der Waals surface area contributed by atoms with E-state index in [0.29, 0.717) is 25.0 Å². The molecule has 1 N–H and O–H groups in total. The zero-order chi connectivity index (χ0) is 15.8. The van der Waals surface area contributed by atoms with Crippen LogP contribution in [0.15, 0.2) is 30.3 Å². The van der Waals surface area contributed by atoms with Gasteiger partial charge in [0, 0.05) is 23.7 Å². The number of ether oxygens (including phenoxy) is 2. The highest BCUT2D eigenvalue weighted by molar-refractivity contribution is 5.18. The summed E-state index contributed by atoms with van der Waals surface area (Å²) in [6.45, 7) is 1.17. The topological polar surface area (TPSA) is 81.8 Å². The lowest BCUT2D eigenvalue weighted by Gasteiger charge is -2.23. The molecule has 1 aliphatic rings. The average molecular weight is 309 g/mol. The lowest BCUT2D eigenvalue weighted by atomic mass is 9.99.